The van der Waals surface area contributed by atoms with Crippen LogP contribution >= 0.6 is 22.9 Å². The molecule has 2 aromatic carbocycles. The highest BCUT2D eigenvalue weighted by Gasteiger charge is 2.12. The van der Waals surface area contributed by atoms with Crippen LogP contribution in [0, 0.1) is 0 Å². The van der Waals surface area contributed by atoms with Gasteiger partial charge in [-0.05, 0) is 36.4 Å². The van der Waals surface area contributed by atoms with Crippen LogP contribution in [0.1, 0.15) is 0 Å². The van der Waals surface area contributed by atoms with Crippen LogP contribution in [0.4, 0.5) is 0 Å². The average Bonchev–Trinajstić information content (AvgIpc) is 3.02. The zero-order chi connectivity index (χ0) is 19.2. The predicted octanol–water partition coefficient (Wildman–Crippen LogP) is 3.52. The van der Waals surface area contributed by atoms with Gasteiger partial charge in [0.15, 0.2) is 11.4 Å². The van der Waals surface area contributed by atoms with Crippen LogP contribution in [0.25, 0.3) is 10.2 Å². The number of nitrogens with zero attached hydrogens (tertiary/aromatic N) is 2. The maximum atomic E-state index is 12.3. The van der Waals surface area contributed by atoms with Gasteiger partial charge in [-0.15, -0.1) is 0 Å². The number of fused-ring (bicyclic) bond motifs is 1. The molecule has 1 amide bonds. The van der Waals surface area contributed by atoms with E-state index >= 15 is 0 Å². The Morgan fingerprint density at radius 3 is 2.67 bits per heavy atom. The number of amides is 1. The lowest BCUT2D eigenvalue weighted by molar-refractivity contribution is -0.120. The van der Waals surface area contributed by atoms with Crippen LogP contribution in [-0.2, 0) is 16.1 Å². The standard InChI is InChI=1S/C19H19ClN2O4S/c1-24-11-10-22-18-15(25-2)4-3-5-16(18)27-19(22)21-17(23)12-26-14-8-6-13(20)7-9-14/h3-9H,10-12H2,1-2H3. The third-order valence-corrected chi connectivity index (χ3v) is 5.09. The minimum atomic E-state index is -0.373. The van der Waals surface area contributed by atoms with Crippen molar-refractivity contribution in [1.29, 1.82) is 0 Å². The lowest BCUT2D eigenvalue weighted by Crippen LogP contribution is -2.21. The number of aromatic nitrogens is 1. The van der Waals surface area contributed by atoms with E-state index in [0.717, 1.165) is 16.0 Å². The topological polar surface area (TPSA) is 62.1 Å². The molecular formula is C19H19ClN2O4S. The van der Waals surface area contributed by atoms with Gasteiger partial charge in [0, 0.05) is 18.7 Å². The summed E-state index contributed by atoms with van der Waals surface area (Å²) in [7, 11) is 3.25. The summed E-state index contributed by atoms with van der Waals surface area (Å²) in [5.74, 6) is 0.918. The molecule has 0 atom stereocenters. The summed E-state index contributed by atoms with van der Waals surface area (Å²) in [5, 5.41) is 0.608. The molecule has 0 aliphatic heterocycles. The molecule has 0 fully saturated rings. The van der Waals surface area contributed by atoms with Crippen molar-refractivity contribution in [1.82, 2.24) is 4.57 Å². The van der Waals surface area contributed by atoms with Gasteiger partial charge in [-0.2, -0.15) is 4.99 Å². The van der Waals surface area contributed by atoms with Crippen molar-refractivity contribution in [3.8, 4) is 11.5 Å². The van der Waals surface area contributed by atoms with Gasteiger partial charge in [0.05, 0.1) is 18.4 Å². The molecule has 0 radical (unpaired) electrons. The van der Waals surface area contributed by atoms with Gasteiger partial charge < -0.3 is 18.8 Å². The van der Waals surface area contributed by atoms with E-state index < -0.39 is 0 Å². The summed E-state index contributed by atoms with van der Waals surface area (Å²) < 4.78 is 19.1. The first kappa shape index (κ1) is 19.4. The molecule has 142 valence electrons. The summed E-state index contributed by atoms with van der Waals surface area (Å²) in [6, 6.07) is 12.6. The van der Waals surface area contributed by atoms with Crippen molar-refractivity contribution in [3.63, 3.8) is 0 Å². The van der Waals surface area contributed by atoms with Gasteiger partial charge in [-0.3, -0.25) is 4.79 Å². The van der Waals surface area contributed by atoms with E-state index in [0.29, 0.717) is 28.7 Å². The summed E-state index contributed by atoms with van der Waals surface area (Å²) in [6.07, 6.45) is 0. The minimum absolute atomic E-state index is 0.155. The number of halogens is 1. The Bertz CT molecular complexity index is 995. The summed E-state index contributed by atoms with van der Waals surface area (Å²) in [5.41, 5.74) is 0.896. The quantitative estimate of drug-likeness (QED) is 0.602. The monoisotopic (exact) mass is 406 g/mol. The zero-order valence-electron chi connectivity index (χ0n) is 15.0. The number of ether oxygens (including phenoxy) is 3. The lowest BCUT2D eigenvalue weighted by Gasteiger charge is -2.08. The predicted molar refractivity (Wildman–Crippen MR) is 106 cm³/mol. The van der Waals surface area contributed by atoms with E-state index in [4.69, 9.17) is 25.8 Å². The van der Waals surface area contributed by atoms with Crippen LogP contribution in [0.3, 0.4) is 0 Å². The van der Waals surface area contributed by atoms with Crippen LogP contribution in [-0.4, -0.2) is 37.9 Å². The molecule has 1 aromatic heterocycles. The number of rotatable bonds is 7. The fourth-order valence-electron chi connectivity index (χ4n) is 2.55. The normalized spacial score (nSPS) is 11.7. The Labute approximate surface area is 165 Å². The average molecular weight is 407 g/mol. The van der Waals surface area contributed by atoms with E-state index in [1.807, 2.05) is 22.8 Å². The first-order valence-corrected chi connectivity index (χ1v) is 9.43. The van der Waals surface area contributed by atoms with Gasteiger partial charge in [-0.25, -0.2) is 0 Å². The number of carbonyl (C=O) groups excluding carboxylic acids is 1. The molecule has 0 unspecified atom stereocenters. The van der Waals surface area contributed by atoms with Crippen molar-refractivity contribution in [2.45, 2.75) is 6.54 Å². The van der Waals surface area contributed by atoms with Crippen molar-refractivity contribution in [2.24, 2.45) is 4.99 Å². The van der Waals surface area contributed by atoms with Crippen molar-refractivity contribution in [3.05, 3.63) is 52.3 Å². The Morgan fingerprint density at radius 1 is 1.19 bits per heavy atom. The second-order valence-electron chi connectivity index (χ2n) is 5.58. The maximum Gasteiger partial charge on any atom is 0.286 e. The van der Waals surface area contributed by atoms with Gasteiger partial charge in [-0.1, -0.05) is 29.0 Å². The van der Waals surface area contributed by atoms with E-state index in [-0.39, 0.29) is 12.5 Å². The molecule has 1 heterocycles. The molecule has 0 saturated carbocycles. The molecule has 3 aromatic rings. The molecule has 0 aliphatic carbocycles. The Kier molecular flexibility index (Phi) is 6.49. The maximum absolute atomic E-state index is 12.3. The molecule has 8 heteroatoms. The molecule has 3 rings (SSSR count). The van der Waals surface area contributed by atoms with Gasteiger partial charge >= 0.3 is 0 Å². The Hall–Kier alpha value is -2.35. The highest BCUT2D eigenvalue weighted by atomic mass is 35.5. The number of thiazole rings is 1. The molecule has 0 bridgehead atoms. The number of hydrogen-bond acceptors (Lipinski definition) is 5. The number of hydrogen-bond donors (Lipinski definition) is 0. The first-order chi connectivity index (χ1) is 13.1. The third-order valence-electron chi connectivity index (χ3n) is 3.80. The van der Waals surface area contributed by atoms with Gasteiger partial charge in [0.25, 0.3) is 5.91 Å². The van der Waals surface area contributed by atoms with Gasteiger partial charge in [0.1, 0.15) is 17.0 Å². The SMILES string of the molecule is COCCn1c(=NC(=O)COc2ccc(Cl)cc2)sc2cccc(OC)c21. The smallest absolute Gasteiger partial charge is 0.286 e. The van der Waals surface area contributed by atoms with Crippen molar-refractivity contribution < 1.29 is 19.0 Å². The van der Waals surface area contributed by atoms with Crippen LogP contribution in [0.15, 0.2) is 47.5 Å². The lowest BCUT2D eigenvalue weighted by atomic mass is 10.3. The number of methoxy groups -OCH3 is 2. The van der Waals surface area contributed by atoms with Crippen molar-refractivity contribution >= 4 is 39.1 Å². The van der Waals surface area contributed by atoms with E-state index in [1.54, 1.807) is 38.5 Å². The van der Waals surface area contributed by atoms with Crippen LogP contribution < -0.4 is 14.3 Å². The molecule has 0 aliphatic rings. The van der Waals surface area contributed by atoms with E-state index in [9.17, 15) is 4.79 Å². The van der Waals surface area contributed by atoms with Crippen molar-refractivity contribution in [2.75, 3.05) is 27.4 Å². The highest BCUT2D eigenvalue weighted by molar-refractivity contribution is 7.16. The molecular weight excluding hydrogens is 388 g/mol. The number of para-hydroxylation sites is 1. The second kappa shape index (κ2) is 9.03. The van der Waals surface area contributed by atoms with E-state index in [2.05, 4.69) is 4.99 Å². The molecule has 0 N–H and O–H groups in total. The molecule has 0 spiro atoms. The zero-order valence-corrected chi connectivity index (χ0v) is 16.5. The molecule has 0 saturated heterocycles. The molecule has 27 heavy (non-hydrogen) atoms. The first-order valence-electron chi connectivity index (χ1n) is 8.23. The molecule has 6 nitrogen and oxygen atoms in total. The largest absolute Gasteiger partial charge is 0.495 e. The van der Waals surface area contributed by atoms with Crippen LogP contribution in [0.2, 0.25) is 5.02 Å². The fourth-order valence-corrected chi connectivity index (χ4v) is 3.77. The number of carbonyl (C=O) groups is 1. The highest BCUT2D eigenvalue weighted by Crippen LogP contribution is 2.27. The fraction of sp³-hybridized carbons (Fsp3) is 0.263. The Morgan fingerprint density at radius 2 is 1.96 bits per heavy atom. The summed E-state index contributed by atoms with van der Waals surface area (Å²) in [6.45, 7) is 0.894. The second-order valence-corrected chi connectivity index (χ2v) is 7.03. The minimum Gasteiger partial charge on any atom is -0.495 e. The van der Waals surface area contributed by atoms with Crippen LogP contribution in [0.5, 0.6) is 11.5 Å². The summed E-state index contributed by atoms with van der Waals surface area (Å²) in [4.78, 5) is 17.1. The third kappa shape index (κ3) is 4.68. The number of benzene rings is 2. The summed E-state index contributed by atoms with van der Waals surface area (Å²) >= 11 is 7.26. The van der Waals surface area contributed by atoms with E-state index in [1.165, 1.54) is 11.3 Å². The Balaban J connectivity index is 1.89. The van der Waals surface area contributed by atoms with Gasteiger partial charge in [0.2, 0.25) is 0 Å².